The van der Waals surface area contributed by atoms with Crippen LogP contribution in [0.5, 0.6) is 0 Å². The van der Waals surface area contributed by atoms with Crippen LogP contribution in [0.1, 0.15) is 17.1 Å². The summed E-state index contributed by atoms with van der Waals surface area (Å²) < 4.78 is 1.55. The van der Waals surface area contributed by atoms with E-state index in [0.717, 1.165) is 17.1 Å². The fourth-order valence-electron chi connectivity index (χ4n) is 2.11. The Morgan fingerprint density at radius 1 is 1.17 bits per heavy atom. The lowest BCUT2D eigenvalue weighted by Crippen LogP contribution is -2.12. The van der Waals surface area contributed by atoms with Gasteiger partial charge in [-0.3, -0.25) is 0 Å². The molecule has 0 atom stereocenters. The summed E-state index contributed by atoms with van der Waals surface area (Å²) in [5, 5.41) is 18.8. The quantitative estimate of drug-likeness (QED) is 0.547. The van der Waals surface area contributed by atoms with Crippen molar-refractivity contribution in [1.29, 1.82) is 0 Å². The summed E-state index contributed by atoms with van der Waals surface area (Å²) in [6.07, 6.45) is 0. The molecular weight excluding hydrogens is 306 g/mol. The number of oxime groups is 1. The summed E-state index contributed by atoms with van der Waals surface area (Å²) in [5.41, 5.74) is 2.20. The highest BCUT2D eigenvalue weighted by Gasteiger charge is 2.14. The number of aromatic nitrogens is 5. The Morgan fingerprint density at radius 3 is 2.71 bits per heavy atom. The maximum atomic E-state index is 5.50. The molecule has 3 rings (SSSR count). The van der Waals surface area contributed by atoms with Crippen LogP contribution in [0.2, 0.25) is 0 Å². The second-order valence-corrected chi connectivity index (χ2v) is 4.97. The monoisotopic (exact) mass is 323 g/mol. The Kier molecular flexibility index (Phi) is 4.76. The van der Waals surface area contributed by atoms with Gasteiger partial charge in [0, 0.05) is 19.7 Å². The summed E-state index contributed by atoms with van der Waals surface area (Å²) in [7, 11) is 3.57. The molecule has 2 aromatic heterocycles. The Labute approximate surface area is 139 Å². The standard InChI is InChI=1S/C16H17N7O/c1-17-14-10-6-9-13(18-14)11-24-20-15(12-7-4-3-5-8-12)16-19-21-22-23(16)2/h3-10H,11H2,1-2H3,(H,17,18). The Morgan fingerprint density at radius 2 is 2.00 bits per heavy atom. The third-order valence-electron chi connectivity index (χ3n) is 3.31. The highest BCUT2D eigenvalue weighted by molar-refractivity contribution is 6.10. The van der Waals surface area contributed by atoms with Gasteiger partial charge in [0.05, 0.1) is 5.69 Å². The molecule has 1 aromatic carbocycles. The summed E-state index contributed by atoms with van der Waals surface area (Å²) >= 11 is 0. The van der Waals surface area contributed by atoms with Gasteiger partial charge in [0.1, 0.15) is 5.82 Å². The van der Waals surface area contributed by atoms with Crippen LogP contribution < -0.4 is 5.32 Å². The van der Waals surface area contributed by atoms with E-state index in [0.29, 0.717) is 11.5 Å². The summed E-state index contributed by atoms with van der Waals surface area (Å²) in [5.74, 6) is 1.30. The largest absolute Gasteiger partial charge is 0.389 e. The first kappa shape index (κ1) is 15.6. The van der Waals surface area contributed by atoms with Gasteiger partial charge < -0.3 is 10.2 Å². The number of pyridine rings is 1. The van der Waals surface area contributed by atoms with Gasteiger partial charge in [-0.15, -0.1) is 5.10 Å². The van der Waals surface area contributed by atoms with Crippen molar-refractivity contribution in [2.24, 2.45) is 12.2 Å². The molecule has 0 amide bonds. The maximum Gasteiger partial charge on any atom is 0.204 e. The zero-order valence-corrected chi connectivity index (χ0v) is 13.4. The van der Waals surface area contributed by atoms with Crippen molar-refractivity contribution < 1.29 is 4.84 Å². The average molecular weight is 323 g/mol. The van der Waals surface area contributed by atoms with Crippen LogP contribution in [0.4, 0.5) is 5.82 Å². The van der Waals surface area contributed by atoms with Crippen molar-refractivity contribution in [3.63, 3.8) is 0 Å². The van der Waals surface area contributed by atoms with Crippen molar-refractivity contribution in [3.05, 3.63) is 65.6 Å². The molecule has 0 saturated carbocycles. The number of rotatable bonds is 6. The molecule has 0 aliphatic carbocycles. The number of tetrazole rings is 1. The van der Waals surface area contributed by atoms with Gasteiger partial charge in [0.15, 0.2) is 12.3 Å². The molecule has 1 N–H and O–H groups in total. The van der Waals surface area contributed by atoms with E-state index >= 15 is 0 Å². The van der Waals surface area contributed by atoms with Crippen molar-refractivity contribution in [2.45, 2.75) is 6.61 Å². The van der Waals surface area contributed by atoms with Crippen LogP contribution in [0.25, 0.3) is 0 Å². The van der Waals surface area contributed by atoms with Gasteiger partial charge in [-0.1, -0.05) is 41.6 Å². The lowest BCUT2D eigenvalue weighted by atomic mass is 10.1. The zero-order valence-electron chi connectivity index (χ0n) is 13.4. The molecule has 2 heterocycles. The van der Waals surface area contributed by atoms with Crippen LogP contribution >= 0.6 is 0 Å². The number of hydrogen-bond acceptors (Lipinski definition) is 7. The van der Waals surface area contributed by atoms with Gasteiger partial charge in [0.2, 0.25) is 5.82 Å². The summed E-state index contributed by atoms with van der Waals surface area (Å²) in [6.45, 7) is 0.247. The normalized spacial score (nSPS) is 11.3. The van der Waals surface area contributed by atoms with E-state index in [9.17, 15) is 0 Å². The molecular formula is C16H17N7O. The molecule has 8 nitrogen and oxygen atoms in total. The van der Waals surface area contributed by atoms with Crippen molar-refractivity contribution >= 4 is 11.5 Å². The highest BCUT2D eigenvalue weighted by atomic mass is 16.6. The van der Waals surface area contributed by atoms with Gasteiger partial charge in [-0.05, 0) is 22.6 Å². The molecule has 24 heavy (non-hydrogen) atoms. The predicted molar refractivity (Wildman–Crippen MR) is 89.5 cm³/mol. The first-order valence-corrected chi connectivity index (χ1v) is 7.39. The van der Waals surface area contributed by atoms with E-state index in [1.807, 2.05) is 55.6 Å². The van der Waals surface area contributed by atoms with Crippen LogP contribution in [-0.4, -0.2) is 38.0 Å². The number of nitrogens with one attached hydrogen (secondary N) is 1. The van der Waals surface area contributed by atoms with E-state index in [2.05, 4.69) is 31.0 Å². The van der Waals surface area contributed by atoms with Crippen molar-refractivity contribution in [1.82, 2.24) is 25.2 Å². The minimum absolute atomic E-state index is 0.247. The van der Waals surface area contributed by atoms with Gasteiger partial charge in [0.25, 0.3) is 0 Å². The van der Waals surface area contributed by atoms with Gasteiger partial charge in [-0.2, -0.15) is 0 Å². The molecule has 0 aliphatic rings. The molecule has 0 aliphatic heterocycles. The smallest absolute Gasteiger partial charge is 0.204 e. The Balaban J connectivity index is 1.83. The molecule has 122 valence electrons. The van der Waals surface area contributed by atoms with E-state index < -0.39 is 0 Å². The number of aryl methyl sites for hydroxylation is 1. The molecule has 3 aromatic rings. The topological polar surface area (TPSA) is 90.1 Å². The van der Waals surface area contributed by atoms with Gasteiger partial charge in [-0.25, -0.2) is 9.67 Å². The first-order chi connectivity index (χ1) is 11.8. The first-order valence-electron chi connectivity index (χ1n) is 7.39. The van der Waals surface area contributed by atoms with E-state index in [1.165, 1.54) is 0 Å². The van der Waals surface area contributed by atoms with Gasteiger partial charge >= 0.3 is 0 Å². The highest BCUT2D eigenvalue weighted by Crippen LogP contribution is 2.10. The molecule has 0 fully saturated rings. The minimum Gasteiger partial charge on any atom is -0.389 e. The number of anilines is 1. The fourth-order valence-corrected chi connectivity index (χ4v) is 2.11. The third kappa shape index (κ3) is 3.54. The fraction of sp³-hybridized carbons (Fsp3) is 0.188. The Hall–Kier alpha value is -3.29. The van der Waals surface area contributed by atoms with Crippen LogP contribution in [0.15, 0.2) is 53.7 Å². The Bertz CT molecular complexity index is 829. The molecule has 8 heteroatoms. The van der Waals surface area contributed by atoms with Crippen molar-refractivity contribution in [2.75, 3.05) is 12.4 Å². The van der Waals surface area contributed by atoms with Crippen LogP contribution in [0.3, 0.4) is 0 Å². The summed E-state index contributed by atoms with van der Waals surface area (Å²) in [6, 6.07) is 15.3. The molecule has 0 saturated heterocycles. The molecule has 0 spiro atoms. The van der Waals surface area contributed by atoms with E-state index in [1.54, 1.807) is 11.7 Å². The zero-order chi connectivity index (χ0) is 16.8. The molecule has 0 unspecified atom stereocenters. The second-order valence-electron chi connectivity index (χ2n) is 4.97. The van der Waals surface area contributed by atoms with Crippen LogP contribution in [-0.2, 0) is 18.5 Å². The van der Waals surface area contributed by atoms with E-state index in [-0.39, 0.29) is 6.61 Å². The molecule has 0 bridgehead atoms. The predicted octanol–water partition coefficient (Wildman–Crippen LogP) is 1.62. The number of benzene rings is 1. The van der Waals surface area contributed by atoms with Crippen LogP contribution in [0, 0.1) is 0 Å². The lowest BCUT2D eigenvalue weighted by molar-refractivity contribution is 0.128. The lowest BCUT2D eigenvalue weighted by Gasteiger charge is -2.06. The SMILES string of the molecule is CNc1cccc(CON=C(c2ccccc2)c2nnnn2C)n1. The number of nitrogens with zero attached hydrogens (tertiary/aromatic N) is 6. The third-order valence-corrected chi connectivity index (χ3v) is 3.31. The summed E-state index contributed by atoms with van der Waals surface area (Å²) in [4.78, 5) is 9.89. The second kappa shape index (κ2) is 7.32. The molecule has 0 radical (unpaired) electrons. The van der Waals surface area contributed by atoms with E-state index in [4.69, 9.17) is 4.84 Å². The average Bonchev–Trinajstić information content (AvgIpc) is 3.05. The van der Waals surface area contributed by atoms with Crippen molar-refractivity contribution in [3.8, 4) is 0 Å². The maximum absolute atomic E-state index is 5.50. The minimum atomic E-state index is 0.247. The number of hydrogen-bond donors (Lipinski definition) is 1.